The van der Waals surface area contributed by atoms with Gasteiger partial charge in [0.05, 0.1) is 13.0 Å². The third-order valence-electron chi connectivity index (χ3n) is 2.93. The SMILES string of the molecule is CCOC(=O)CC(C)NC(C)(CC)CC. The van der Waals surface area contributed by atoms with Crippen molar-refractivity contribution in [3.8, 4) is 0 Å². The van der Waals surface area contributed by atoms with Crippen LogP contribution in [0.1, 0.15) is 53.9 Å². The molecule has 0 spiro atoms. The molecule has 0 aromatic heterocycles. The monoisotopic (exact) mass is 215 g/mol. The second-order valence-electron chi connectivity index (χ2n) is 4.32. The Balaban J connectivity index is 4.01. The summed E-state index contributed by atoms with van der Waals surface area (Å²) in [6.07, 6.45) is 2.58. The molecule has 0 saturated carbocycles. The van der Waals surface area contributed by atoms with Crippen LogP contribution in [-0.2, 0) is 9.53 Å². The van der Waals surface area contributed by atoms with E-state index >= 15 is 0 Å². The number of carbonyl (C=O) groups is 1. The smallest absolute Gasteiger partial charge is 0.307 e. The van der Waals surface area contributed by atoms with Gasteiger partial charge in [0.1, 0.15) is 0 Å². The van der Waals surface area contributed by atoms with Gasteiger partial charge in [0, 0.05) is 11.6 Å². The van der Waals surface area contributed by atoms with Crippen LogP contribution in [0.3, 0.4) is 0 Å². The van der Waals surface area contributed by atoms with E-state index in [0.29, 0.717) is 13.0 Å². The molecule has 1 N–H and O–H groups in total. The van der Waals surface area contributed by atoms with Crippen molar-refractivity contribution in [2.24, 2.45) is 0 Å². The molecule has 90 valence electrons. The van der Waals surface area contributed by atoms with E-state index in [1.54, 1.807) is 0 Å². The fourth-order valence-electron chi connectivity index (χ4n) is 1.57. The number of carbonyl (C=O) groups excluding carboxylic acids is 1. The fourth-order valence-corrected chi connectivity index (χ4v) is 1.57. The Morgan fingerprint density at radius 1 is 1.33 bits per heavy atom. The van der Waals surface area contributed by atoms with Crippen molar-refractivity contribution in [1.82, 2.24) is 5.32 Å². The van der Waals surface area contributed by atoms with Crippen LogP contribution in [0.25, 0.3) is 0 Å². The van der Waals surface area contributed by atoms with Gasteiger partial charge in [0.2, 0.25) is 0 Å². The number of hydrogen-bond donors (Lipinski definition) is 1. The maximum absolute atomic E-state index is 11.3. The van der Waals surface area contributed by atoms with Crippen molar-refractivity contribution in [2.75, 3.05) is 6.61 Å². The fraction of sp³-hybridized carbons (Fsp3) is 0.917. The topological polar surface area (TPSA) is 38.3 Å². The molecular weight excluding hydrogens is 190 g/mol. The van der Waals surface area contributed by atoms with Crippen molar-refractivity contribution in [3.63, 3.8) is 0 Å². The van der Waals surface area contributed by atoms with Gasteiger partial charge in [-0.1, -0.05) is 13.8 Å². The van der Waals surface area contributed by atoms with E-state index in [4.69, 9.17) is 4.74 Å². The Hall–Kier alpha value is -0.570. The van der Waals surface area contributed by atoms with Gasteiger partial charge in [-0.15, -0.1) is 0 Å². The average molecular weight is 215 g/mol. The summed E-state index contributed by atoms with van der Waals surface area (Å²) in [5.41, 5.74) is 0.131. The molecule has 0 rings (SSSR count). The molecule has 1 atom stereocenters. The van der Waals surface area contributed by atoms with Crippen LogP contribution < -0.4 is 5.32 Å². The second kappa shape index (κ2) is 6.83. The summed E-state index contributed by atoms with van der Waals surface area (Å²) in [5.74, 6) is -0.118. The zero-order valence-electron chi connectivity index (χ0n) is 10.7. The summed E-state index contributed by atoms with van der Waals surface area (Å²) >= 11 is 0. The zero-order chi connectivity index (χ0) is 11.9. The van der Waals surface area contributed by atoms with Crippen LogP contribution in [-0.4, -0.2) is 24.2 Å². The van der Waals surface area contributed by atoms with Crippen molar-refractivity contribution in [3.05, 3.63) is 0 Å². The van der Waals surface area contributed by atoms with Gasteiger partial charge in [-0.2, -0.15) is 0 Å². The standard InChI is InChI=1S/C12H25NO2/c1-6-12(5,7-2)13-10(4)9-11(14)15-8-3/h10,13H,6-9H2,1-5H3. The summed E-state index contributed by atoms with van der Waals surface area (Å²) in [6.45, 7) is 10.8. The Kier molecular flexibility index (Phi) is 6.57. The molecule has 0 aliphatic heterocycles. The summed E-state index contributed by atoms with van der Waals surface area (Å²) in [7, 11) is 0. The molecular formula is C12H25NO2. The molecule has 0 radical (unpaired) electrons. The normalized spacial score (nSPS) is 13.7. The molecule has 0 aliphatic rings. The van der Waals surface area contributed by atoms with Crippen LogP contribution in [0.15, 0.2) is 0 Å². The molecule has 0 aliphatic carbocycles. The molecule has 0 amide bonds. The van der Waals surface area contributed by atoms with Crippen molar-refractivity contribution < 1.29 is 9.53 Å². The molecule has 0 aromatic rings. The van der Waals surface area contributed by atoms with Crippen molar-refractivity contribution >= 4 is 5.97 Å². The van der Waals surface area contributed by atoms with Gasteiger partial charge in [0.15, 0.2) is 0 Å². The van der Waals surface area contributed by atoms with Crippen molar-refractivity contribution in [2.45, 2.75) is 65.5 Å². The molecule has 0 aromatic carbocycles. The minimum atomic E-state index is -0.118. The van der Waals surface area contributed by atoms with E-state index in [1.807, 2.05) is 13.8 Å². The van der Waals surface area contributed by atoms with Crippen LogP contribution in [0.2, 0.25) is 0 Å². The number of nitrogens with one attached hydrogen (secondary N) is 1. The van der Waals surface area contributed by atoms with Gasteiger partial charge >= 0.3 is 5.97 Å². The van der Waals surface area contributed by atoms with Gasteiger partial charge in [-0.3, -0.25) is 4.79 Å². The van der Waals surface area contributed by atoms with Crippen LogP contribution in [0, 0.1) is 0 Å². The van der Waals surface area contributed by atoms with E-state index < -0.39 is 0 Å². The van der Waals surface area contributed by atoms with Gasteiger partial charge < -0.3 is 10.1 Å². The lowest BCUT2D eigenvalue weighted by Crippen LogP contribution is -2.47. The van der Waals surface area contributed by atoms with E-state index in [-0.39, 0.29) is 17.6 Å². The highest BCUT2D eigenvalue weighted by atomic mass is 16.5. The maximum Gasteiger partial charge on any atom is 0.307 e. The Bertz CT molecular complexity index is 188. The summed E-state index contributed by atoms with van der Waals surface area (Å²) in [4.78, 5) is 11.3. The largest absolute Gasteiger partial charge is 0.466 e. The highest BCUT2D eigenvalue weighted by Gasteiger charge is 2.22. The van der Waals surface area contributed by atoms with E-state index in [9.17, 15) is 4.79 Å². The van der Waals surface area contributed by atoms with Crippen molar-refractivity contribution in [1.29, 1.82) is 0 Å². The van der Waals surface area contributed by atoms with Gasteiger partial charge in [0.25, 0.3) is 0 Å². The van der Waals surface area contributed by atoms with Crippen LogP contribution in [0.4, 0.5) is 0 Å². The Morgan fingerprint density at radius 3 is 2.27 bits per heavy atom. The first-order chi connectivity index (χ1) is 6.97. The minimum absolute atomic E-state index is 0.118. The van der Waals surface area contributed by atoms with E-state index in [1.165, 1.54) is 0 Å². The number of rotatable bonds is 7. The molecule has 0 saturated heterocycles. The van der Waals surface area contributed by atoms with Crippen LogP contribution in [0.5, 0.6) is 0 Å². The third-order valence-corrected chi connectivity index (χ3v) is 2.93. The number of esters is 1. The van der Waals surface area contributed by atoms with E-state index in [0.717, 1.165) is 12.8 Å². The third kappa shape index (κ3) is 5.78. The van der Waals surface area contributed by atoms with Crippen LogP contribution >= 0.6 is 0 Å². The predicted octanol–water partition coefficient (Wildman–Crippen LogP) is 2.50. The first-order valence-corrected chi connectivity index (χ1v) is 5.90. The Morgan fingerprint density at radius 2 is 1.87 bits per heavy atom. The first kappa shape index (κ1) is 14.4. The average Bonchev–Trinajstić information content (AvgIpc) is 2.17. The highest BCUT2D eigenvalue weighted by Crippen LogP contribution is 2.15. The molecule has 0 bridgehead atoms. The van der Waals surface area contributed by atoms with E-state index in [2.05, 4.69) is 26.1 Å². The lowest BCUT2D eigenvalue weighted by atomic mass is 9.94. The van der Waals surface area contributed by atoms with Gasteiger partial charge in [-0.25, -0.2) is 0 Å². The quantitative estimate of drug-likeness (QED) is 0.663. The predicted molar refractivity (Wildman–Crippen MR) is 62.8 cm³/mol. The maximum atomic E-state index is 11.3. The molecule has 1 unspecified atom stereocenters. The molecule has 0 heterocycles. The molecule has 0 fully saturated rings. The highest BCUT2D eigenvalue weighted by molar-refractivity contribution is 5.70. The molecule has 3 nitrogen and oxygen atoms in total. The summed E-state index contributed by atoms with van der Waals surface area (Å²) in [5, 5.41) is 3.48. The minimum Gasteiger partial charge on any atom is -0.466 e. The number of ether oxygens (including phenoxy) is 1. The number of hydrogen-bond acceptors (Lipinski definition) is 3. The second-order valence-corrected chi connectivity index (χ2v) is 4.32. The van der Waals surface area contributed by atoms with Gasteiger partial charge in [-0.05, 0) is 33.6 Å². The molecule has 15 heavy (non-hydrogen) atoms. The lowest BCUT2D eigenvalue weighted by molar-refractivity contribution is -0.143. The first-order valence-electron chi connectivity index (χ1n) is 5.90. The summed E-state index contributed by atoms with van der Waals surface area (Å²) < 4.78 is 4.92. The molecule has 3 heteroatoms. The lowest BCUT2D eigenvalue weighted by Gasteiger charge is -2.31. The summed E-state index contributed by atoms with van der Waals surface area (Å²) in [6, 6.07) is 0.175. The zero-order valence-corrected chi connectivity index (χ0v) is 10.7. The Labute approximate surface area is 93.6 Å².